The summed E-state index contributed by atoms with van der Waals surface area (Å²) in [7, 11) is 3.58. The maximum Gasteiger partial charge on any atom is 0.191 e. The minimum atomic E-state index is -0.0159. The highest BCUT2D eigenvalue weighted by Gasteiger charge is 2.28. The number of methoxy groups -OCH3 is 1. The van der Waals surface area contributed by atoms with E-state index in [2.05, 4.69) is 52.6 Å². The summed E-state index contributed by atoms with van der Waals surface area (Å²) in [4.78, 5) is 7.18. The Morgan fingerprint density at radius 3 is 2.48 bits per heavy atom. The average Bonchev–Trinajstić information content (AvgIpc) is 3.26. The molecule has 1 aliphatic carbocycles. The molecule has 0 spiro atoms. The molecule has 164 valence electrons. The van der Waals surface area contributed by atoms with Crippen LogP contribution in [-0.4, -0.2) is 56.7 Å². The van der Waals surface area contributed by atoms with E-state index in [0.29, 0.717) is 6.04 Å². The molecule has 0 radical (unpaired) electrons. The fourth-order valence-corrected chi connectivity index (χ4v) is 4.52. The summed E-state index contributed by atoms with van der Waals surface area (Å²) in [5, 5.41) is 7.19. The lowest BCUT2D eigenvalue weighted by Crippen LogP contribution is -2.51. The molecule has 0 amide bonds. The highest BCUT2D eigenvalue weighted by Crippen LogP contribution is 2.27. The van der Waals surface area contributed by atoms with Crippen LogP contribution >= 0.6 is 24.0 Å². The molecule has 1 aromatic carbocycles. The van der Waals surface area contributed by atoms with Crippen LogP contribution in [0.4, 0.5) is 0 Å². The van der Waals surface area contributed by atoms with Crippen molar-refractivity contribution >= 4 is 29.9 Å². The van der Waals surface area contributed by atoms with Crippen molar-refractivity contribution in [3.8, 4) is 5.75 Å². The van der Waals surface area contributed by atoms with E-state index < -0.39 is 0 Å². The summed E-state index contributed by atoms with van der Waals surface area (Å²) in [5.74, 6) is 1.82. The number of benzene rings is 1. The zero-order chi connectivity index (χ0) is 20.0. The third-order valence-electron chi connectivity index (χ3n) is 6.48. The van der Waals surface area contributed by atoms with Crippen LogP contribution in [0.25, 0.3) is 0 Å². The van der Waals surface area contributed by atoms with Crippen molar-refractivity contribution in [1.29, 1.82) is 0 Å². The normalized spacial score (nSPS) is 19.7. The van der Waals surface area contributed by atoms with E-state index in [0.717, 1.165) is 24.3 Å². The zero-order valence-electron chi connectivity index (χ0n) is 18.5. The molecule has 6 heteroatoms. The van der Waals surface area contributed by atoms with Gasteiger partial charge in [0.1, 0.15) is 5.75 Å². The van der Waals surface area contributed by atoms with Gasteiger partial charge in [-0.1, -0.05) is 38.8 Å². The van der Waals surface area contributed by atoms with Crippen molar-refractivity contribution in [1.82, 2.24) is 15.5 Å². The van der Waals surface area contributed by atoms with E-state index in [1.165, 1.54) is 57.2 Å². The van der Waals surface area contributed by atoms with E-state index in [9.17, 15) is 0 Å². The molecule has 1 heterocycles. The number of hydrogen-bond acceptors (Lipinski definition) is 3. The zero-order valence-corrected chi connectivity index (χ0v) is 20.9. The van der Waals surface area contributed by atoms with Crippen molar-refractivity contribution in [2.75, 3.05) is 33.8 Å². The molecule has 1 saturated carbocycles. The third-order valence-corrected chi connectivity index (χ3v) is 6.48. The summed E-state index contributed by atoms with van der Waals surface area (Å²) in [6.07, 6.45) is 8.05. The molecule has 2 N–H and O–H groups in total. The van der Waals surface area contributed by atoms with Crippen molar-refractivity contribution in [3.63, 3.8) is 0 Å². The average molecular weight is 514 g/mol. The van der Waals surface area contributed by atoms with Gasteiger partial charge < -0.3 is 20.3 Å². The monoisotopic (exact) mass is 514 g/mol. The largest absolute Gasteiger partial charge is 0.497 e. The Bertz CT molecular complexity index is 650. The Labute approximate surface area is 194 Å². The van der Waals surface area contributed by atoms with Crippen LogP contribution in [0.15, 0.2) is 29.3 Å². The number of rotatable bonds is 6. The molecule has 1 saturated heterocycles. The molecular weight excluding hydrogens is 475 g/mol. The van der Waals surface area contributed by atoms with Gasteiger partial charge in [-0.15, -0.1) is 24.0 Å². The van der Waals surface area contributed by atoms with E-state index in [1.807, 2.05) is 13.1 Å². The second-order valence-electron chi connectivity index (χ2n) is 8.93. The predicted octanol–water partition coefficient (Wildman–Crippen LogP) is 4.16. The lowest BCUT2D eigenvalue weighted by molar-refractivity contribution is 0.150. The number of nitrogens with one attached hydrogen (secondary N) is 2. The van der Waals surface area contributed by atoms with Crippen LogP contribution in [0, 0.1) is 0 Å². The fourth-order valence-electron chi connectivity index (χ4n) is 4.52. The maximum absolute atomic E-state index is 5.38. The second kappa shape index (κ2) is 11.4. The number of piperidine rings is 1. The molecule has 3 rings (SSSR count). The van der Waals surface area contributed by atoms with Gasteiger partial charge in [0, 0.05) is 44.2 Å². The lowest BCUT2D eigenvalue weighted by atomic mass is 9.84. The summed E-state index contributed by atoms with van der Waals surface area (Å²) >= 11 is 0. The SMILES string of the molecule is CN=C(NCC(C)(C)c1cccc(OC)c1)NC1CCN(C2CCCC2)CC1.I. The van der Waals surface area contributed by atoms with Crippen molar-refractivity contribution < 1.29 is 4.74 Å². The van der Waals surface area contributed by atoms with Crippen LogP contribution in [0.1, 0.15) is 57.9 Å². The van der Waals surface area contributed by atoms with Crippen molar-refractivity contribution in [2.24, 2.45) is 4.99 Å². The van der Waals surface area contributed by atoms with E-state index in [-0.39, 0.29) is 29.4 Å². The van der Waals surface area contributed by atoms with E-state index in [1.54, 1.807) is 7.11 Å². The predicted molar refractivity (Wildman–Crippen MR) is 133 cm³/mol. The highest BCUT2D eigenvalue weighted by molar-refractivity contribution is 14.0. The van der Waals surface area contributed by atoms with Crippen LogP contribution in [0.3, 0.4) is 0 Å². The molecule has 29 heavy (non-hydrogen) atoms. The summed E-state index contributed by atoms with van der Waals surface area (Å²) < 4.78 is 5.38. The minimum absolute atomic E-state index is 0. The standard InChI is InChI=1S/C23H38N4O.HI/c1-23(2,18-8-7-11-21(16-18)28-4)17-25-22(24-3)26-19-12-14-27(15-13-19)20-9-5-6-10-20;/h7-8,11,16,19-20H,5-6,9-10,12-15,17H2,1-4H3,(H2,24,25,26);1H. The Morgan fingerprint density at radius 1 is 1.17 bits per heavy atom. The van der Waals surface area contributed by atoms with Gasteiger partial charge >= 0.3 is 0 Å². The first kappa shape index (κ1) is 24.3. The van der Waals surface area contributed by atoms with Gasteiger partial charge in [0.25, 0.3) is 0 Å². The number of halogens is 1. The lowest BCUT2D eigenvalue weighted by Gasteiger charge is -2.37. The fraction of sp³-hybridized carbons (Fsp3) is 0.696. The summed E-state index contributed by atoms with van der Waals surface area (Å²) in [6, 6.07) is 9.70. The maximum atomic E-state index is 5.38. The van der Waals surface area contributed by atoms with Crippen LogP contribution in [-0.2, 0) is 5.41 Å². The molecule has 0 bridgehead atoms. The third kappa shape index (κ3) is 6.74. The Hall–Kier alpha value is -1.02. The van der Waals surface area contributed by atoms with Gasteiger partial charge in [-0.2, -0.15) is 0 Å². The van der Waals surface area contributed by atoms with E-state index in [4.69, 9.17) is 4.74 Å². The minimum Gasteiger partial charge on any atom is -0.497 e. The number of aliphatic imine (C=N–C) groups is 1. The smallest absolute Gasteiger partial charge is 0.191 e. The Morgan fingerprint density at radius 2 is 1.86 bits per heavy atom. The number of guanidine groups is 1. The number of ether oxygens (including phenoxy) is 1. The molecular formula is C23H39IN4O. The first-order chi connectivity index (χ1) is 13.5. The van der Waals surface area contributed by atoms with Gasteiger partial charge in [0.15, 0.2) is 5.96 Å². The summed E-state index contributed by atoms with van der Waals surface area (Å²) in [5.41, 5.74) is 1.25. The van der Waals surface area contributed by atoms with Gasteiger partial charge in [-0.25, -0.2) is 0 Å². The second-order valence-corrected chi connectivity index (χ2v) is 8.93. The molecule has 0 atom stereocenters. The van der Waals surface area contributed by atoms with Gasteiger partial charge in [-0.3, -0.25) is 4.99 Å². The molecule has 1 aliphatic heterocycles. The number of hydrogen-bond donors (Lipinski definition) is 2. The first-order valence-electron chi connectivity index (χ1n) is 10.9. The number of likely N-dealkylation sites (tertiary alicyclic amines) is 1. The Kier molecular flexibility index (Phi) is 9.53. The van der Waals surface area contributed by atoms with Crippen LogP contribution < -0.4 is 15.4 Å². The molecule has 1 aromatic rings. The quantitative estimate of drug-likeness (QED) is 0.340. The topological polar surface area (TPSA) is 48.9 Å². The van der Waals surface area contributed by atoms with E-state index >= 15 is 0 Å². The molecule has 2 aliphatic rings. The van der Waals surface area contributed by atoms with Gasteiger partial charge in [-0.05, 0) is 43.4 Å². The highest BCUT2D eigenvalue weighted by atomic mass is 127. The van der Waals surface area contributed by atoms with Crippen LogP contribution in [0.5, 0.6) is 5.75 Å². The summed E-state index contributed by atoms with van der Waals surface area (Å²) in [6.45, 7) is 7.76. The molecule has 2 fully saturated rings. The Balaban J connectivity index is 0.00000300. The van der Waals surface area contributed by atoms with Crippen molar-refractivity contribution in [2.45, 2.75) is 69.9 Å². The molecule has 5 nitrogen and oxygen atoms in total. The molecule has 0 aromatic heterocycles. The van der Waals surface area contributed by atoms with Gasteiger partial charge in [0.05, 0.1) is 7.11 Å². The van der Waals surface area contributed by atoms with Crippen LogP contribution in [0.2, 0.25) is 0 Å². The molecule has 0 unspecified atom stereocenters. The number of nitrogens with zero attached hydrogens (tertiary/aromatic N) is 2. The van der Waals surface area contributed by atoms with Gasteiger partial charge in [0.2, 0.25) is 0 Å². The first-order valence-corrected chi connectivity index (χ1v) is 10.9. The van der Waals surface area contributed by atoms with Crippen molar-refractivity contribution in [3.05, 3.63) is 29.8 Å².